The van der Waals surface area contributed by atoms with Crippen LogP contribution in [0.4, 0.5) is 0 Å². The van der Waals surface area contributed by atoms with E-state index >= 15 is 0 Å². The summed E-state index contributed by atoms with van der Waals surface area (Å²) >= 11 is 0. The third-order valence-corrected chi connectivity index (χ3v) is 3.81. The zero-order valence-electron chi connectivity index (χ0n) is 13.5. The maximum absolute atomic E-state index is 11.4. The summed E-state index contributed by atoms with van der Waals surface area (Å²) in [4.78, 5) is 18.0. The van der Waals surface area contributed by atoms with Crippen LogP contribution in [0.15, 0.2) is 64.2 Å². The second kappa shape index (κ2) is 6.20. The Kier molecular flexibility index (Phi) is 3.74. The number of aromatic amines is 1. The number of benzene rings is 1. The molecule has 1 aromatic carbocycles. The standard InChI is InChI=1S/C18H15N5O2/c1-12-6-7-17(25-12)15-5-3-2-4-14(15)16-10-23(22-21-16)9-13-8-18(24)20-11-19-13/h2-8,10-11H,9H2,1H3,(H,19,20,24). The molecule has 0 atom stereocenters. The fourth-order valence-corrected chi connectivity index (χ4v) is 2.66. The first kappa shape index (κ1) is 15.1. The number of hydrogen-bond donors (Lipinski definition) is 1. The molecular formula is C18H15N5O2. The minimum absolute atomic E-state index is 0.191. The topological polar surface area (TPSA) is 89.6 Å². The smallest absolute Gasteiger partial charge is 0.250 e. The lowest BCUT2D eigenvalue weighted by atomic mass is 10.0. The van der Waals surface area contributed by atoms with E-state index in [2.05, 4.69) is 20.3 Å². The van der Waals surface area contributed by atoms with Gasteiger partial charge in [0.2, 0.25) is 0 Å². The van der Waals surface area contributed by atoms with Gasteiger partial charge in [-0.2, -0.15) is 0 Å². The van der Waals surface area contributed by atoms with Crippen molar-refractivity contribution in [3.05, 3.63) is 76.8 Å². The number of nitrogens with one attached hydrogen (secondary N) is 1. The van der Waals surface area contributed by atoms with Gasteiger partial charge in [0.25, 0.3) is 5.56 Å². The molecule has 25 heavy (non-hydrogen) atoms. The molecule has 0 unspecified atom stereocenters. The first-order valence-electron chi connectivity index (χ1n) is 7.79. The minimum atomic E-state index is -0.191. The zero-order valence-corrected chi connectivity index (χ0v) is 13.5. The van der Waals surface area contributed by atoms with E-state index in [-0.39, 0.29) is 5.56 Å². The van der Waals surface area contributed by atoms with Crippen LogP contribution in [0, 0.1) is 6.92 Å². The number of nitrogens with zero attached hydrogens (tertiary/aromatic N) is 4. The Morgan fingerprint density at radius 2 is 2.00 bits per heavy atom. The van der Waals surface area contributed by atoms with Crippen molar-refractivity contribution < 1.29 is 4.42 Å². The van der Waals surface area contributed by atoms with Crippen LogP contribution in [0.2, 0.25) is 0 Å². The summed E-state index contributed by atoms with van der Waals surface area (Å²) in [7, 11) is 0. The summed E-state index contributed by atoms with van der Waals surface area (Å²) in [6.07, 6.45) is 3.21. The Morgan fingerprint density at radius 3 is 2.76 bits per heavy atom. The van der Waals surface area contributed by atoms with E-state index < -0.39 is 0 Å². The summed E-state index contributed by atoms with van der Waals surface area (Å²) < 4.78 is 7.40. The largest absolute Gasteiger partial charge is 0.461 e. The minimum Gasteiger partial charge on any atom is -0.461 e. The van der Waals surface area contributed by atoms with Crippen molar-refractivity contribution in [1.82, 2.24) is 25.0 Å². The molecule has 7 nitrogen and oxygen atoms in total. The second-order valence-electron chi connectivity index (χ2n) is 5.66. The van der Waals surface area contributed by atoms with Crippen LogP contribution in [0.25, 0.3) is 22.6 Å². The lowest BCUT2D eigenvalue weighted by Crippen LogP contribution is -2.10. The molecule has 0 fully saturated rings. The van der Waals surface area contributed by atoms with Gasteiger partial charge < -0.3 is 9.40 Å². The van der Waals surface area contributed by atoms with Gasteiger partial charge in [0, 0.05) is 17.2 Å². The van der Waals surface area contributed by atoms with Gasteiger partial charge >= 0.3 is 0 Å². The van der Waals surface area contributed by atoms with Crippen LogP contribution in [-0.4, -0.2) is 25.0 Å². The van der Waals surface area contributed by atoms with Gasteiger partial charge in [-0.1, -0.05) is 29.5 Å². The predicted octanol–water partition coefficient (Wildman–Crippen LogP) is 2.65. The van der Waals surface area contributed by atoms with Crippen molar-refractivity contribution in [2.75, 3.05) is 0 Å². The van der Waals surface area contributed by atoms with E-state index in [1.54, 1.807) is 4.68 Å². The molecule has 4 aromatic rings. The maximum Gasteiger partial charge on any atom is 0.250 e. The van der Waals surface area contributed by atoms with Gasteiger partial charge in [0.15, 0.2) is 0 Å². The molecule has 124 valence electrons. The lowest BCUT2D eigenvalue weighted by molar-refractivity contribution is 0.548. The summed E-state index contributed by atoms with van der Waals surface area (Å²) in [6.45, 7) is 2.29. The molecule has 0 saturated carbocycles. The summed E-state index contributed by atoms with van der Waals surface area (Å²) in [5.41, 5.74) is 3.05. The number of rotatable bonds is 4. The SMILES string of the molecule is Cc1ccc(-c2ccccc2-c2cn(Cc3cc(=O)[nH]cn3)nn2)o1. The average Bonchev–Trinajstić information content (AvgIpc) is 3.24. The van der Waals surface area contributed by atoms with Crippen LogP contribution < -0.4 is 5.56 Å². The van der Waals surface area contributed by atoms with Crippen LogP contribution in [0.3, 0.4) is 0 Å². The fraction of sp³-hybridized carbons (Fsp3) is 0.111. The molecular weight excluding hydrogens is 318 g/mol. The molecule has 3 heterocycles. The Hall–Kier alpha value is -3.48. The molecule has 0 spiro atoms. The first-order valence-corrected chi connectivity index (χ1v) is 7.79. The van der Waals surface area contributed by atoms with Crippen LogP contribution in [-0.2, 0) is 6.54 Å². The quantitative estimate of drug-likeness (QED) is 0.620. The normalized spacial score (nSPS) is 10.9. The van der Waals surface area contributed by atoms with E-state index in [4.69, 9.17) is 4.42 Å². The highest BCUT2D eigenvalue weighted by Gasteiger charge is 2.13. The van der Waals surface area contributed by atoms with Gasteiger partial charge in [0.1, 0.15) is 17.2 Å². The number of furan rings is 1. The van der Waals surface area contributed by atoms with Gasteiger partial charge in [-0.05, 0) is 19.1 Å². The van der Waals surface area contributed by atoms with Gasteiger partial charge in [-0.25, -0.2) is 9.67 Å². The Labute approximate surface area is 143 Å². The molecule has 0 saturated heterocycles. The van der Waals surface area contributed by atoms with Gasteiger partial charge in [0.05, 0.1) is 24.8 Å². The predicted molar refractivity (Wildman–Crippen MR) is 91.9 cm³/mol. The molecule has 0 aliphatic heterocycles. The van der Waals surface area contributed by atoms with Gasteiger partial charge in [-0.15, -0.1) is 5.10 Å². The van der Waals surface area contributed by atoms with Crippen molar-refractivity contribution in [3.8, 4) is 22.6 Å². The molecule has 0 aliphatic carbocycles. The van der Waals surface area contributed by atoms with Crippen molar-refractivity contribution in [2.24, 2.45) is 0 Å². The van der Waals surface area contributed by atoms with E-state index in [0.717, 1.165) is 28.3 Å². The van der Waals surface area contributed by atoms with E-state index in [9.17, 15) is 4.79 Å². The fourth-order valence-electron chi connectivity index (χ4n) is 2.66. The third-order valence-electron chi connectivity index (χ3n) is 3.81. The average molecular weight is 333 g/mol. The number of H-pyrrole nitrogens is 1. The highest BCUT2D eigenvalue weighted by molar-refractivity contribution is 5.79. The van der Waals surface area contributed by atoms with Crippen LogP contribution in [0.1, 0.15) is 11.5 Å². The van der Waals surface area contributed by atoms with Crippen LogP contribution in [0.5, 0.6) is 0 Å². The third kappa shape index (κ3) is 3.12. The number of aryl methyl sites for hydroxylation is 1. The van der Waals surface area contributed by atoms with E-state index in [0.29, 0.717) is 12.2 Å². The zero-order chi connectivity index (χ0) is 17.2. The maximum atomic E-state index is 11.4. The molecule has 0 amide bonds. The molecule has 3 aromatic heterocycles. The van der Waals surface area contributed by atoms with Crippen molar-refractivity contribution in [2.45, 2.75) is 13.5 Å². The van der Waals surface area contributed by atoms with E-state index in [1.807, 2.05) is 49.5 Å². The summed E-state index contributed by atoms with van der Waals surface area (Å²) in [6, 6.07) is 13.2. The second-order valence-corrected chi connectivity index (χ2v) is 5.66. The molecule has 0 radical (unpaired) electrons. The summed E-state index contributed by atoms with van der Waals surface area (Å²) in [5, 5.41) is 8.40. The molecule has 1 N–H and O–H groups in total. The first-order chi connectivity index (χ1) is 12.2. The Morgan fingerprint density at radius 1 is 1.16 bits per heavy atom. The monoisotopic (exact) mass is 333 g/mol. The summed E-state index contributed by atoms with van der Waals surface area (Å²) in [5.74, 6) is 1.65. The number of aromatic nitrogens is 5. The molecule has 7 heteroatoms. The van der Waals surface area contributed by atoms with E-state index in [1.165, 1.54) is 12.4 Å². The van der Waals surface area contributed by atoms with Crippen molar-refractivity contribution in [3.63, 3.8) is 0 Å². The Bertz CT molecular complexity index is 1080. The molecule has 0 aliphatic rings. The highest BCUT2D eigenvalue weighted by Crippen LogP contribution is 2.31. The van der Waals surface area contributed by atoms with Crippen LogP contribution >= 0.6 is 0 Å². The lowest BCUT2D eigenvalue weighted by Gasteiger charge is -2.04. The Balaban J connectivity index is 1.68. The molecule has 4 rings (SSSR count). The highest BCUT2D eigenvalue weighted by atomic mass is 16.3. The van der Waals surface area contributed by atoms with Crippen molar-refractivity contribution >= 4 is 0 Å². The van der Waals surface area contributed by atoms with Gasteiger partial charge in [-0.3, -0.25) is 4.79 Å². The molecule has 0 bridgehead atoms. The van der Waals surface area contributed by atoms with Crippen molar-refractivity contribution in [1.29, 1.82) is 0 Å². The number of hydrogen-bond acceptors (Lipinski definition) is 5.